The van der Waals surface area contributed by atoms with Crippen molar-refractivity contribution in [3.8, 4) is 6.07 Å². The highest BCUT2D eigenvalue weighted by molar-refractivity contribution is 5.91. The van der Waals surface area contributed by atoms with Gasteiger partial charge in [0, 0.05) is 37.4 Å². The average Bonchev–Trinajstić information content (AvgIpc) is 2.48. The third-order valence-electron chi connectivity index (χ3n) is 3.47. The average molecular weight is 288 g/mol. The number of aryl methyl sites for hydroxylation is 1. The van der Waals surface area contributed by atoms with Crippen LogP contribution in [0, 0.1) is 18.3 Å². The number of hydrogen-bond acceptors (Lipinski definition) is 5. The highest BCUT2D eigenvalue weighted by Gasteiger charge is 2.20. The number of ether oxygens (including phenoxy) is 1. The van der Waals surface area contributed by atoms with Gasteiger partial charge in [0.15, 0.2) is 6.10 Å². The molecule has 6 heteroatoms. The Morgan fingerprint density at radius 1 is 1.62 bits per heavy atom. The number of carbonyl (C=O) groups is 1. The maximum Gasteiger partial charge on any atom is 0.225 e. The third kappa shape index (κ3) is 4.45. The molecule has 1 aliphatic heterocycles. The van der Waals surface area contributed by atoms with E-state index in [1.165, 1.54) is 0 Å². The Bertz CT molecular complexity index is 553. The lowest BCUT2D eigenvalue weighted by Crippen LogP contribution is -2.42. The van der Waals surface area contributed by atoms with Gasteiger partial charge in [0.25, 0.3) is 0 Å². The monoisotopic (exact) mass is 288 g/mol. The number of amides is 1. The quantitative estimate of drug-likeness (QED) is 0.810. The number of hydrogen-bond donors (Lipinski definition) is 2. The van der Waals surface area contributed by atoms with E-state index < -0.39 is 0 Å². The van der Waals surface area contributed by atoms with E-state index in [1.807, 2.05) is 19.1 Å². The molecule has 1 aromatic carbocycles. The summed E-state index contributed by atoms with van der Waals surface area (Å²) in [6, 6.07) is 7.50. The van der Waals surface area contributed by atoms with Gasteiger partial charge in [-0.3, -0.25) is 9.69 Å². The minimum absolute atomic E-state index is 0.0390. The van der Waals surface area contributed by atoms with Crippen molar-refractivity contribution < 1.29 is 9.53 Å². The topological polar surface area (TPSA) is 91.4 Å². The minimum Gasteiger partial charge on any atom is -0.399 e. The van der Waals surface area contributed by atoms with E-state index in [2.05, 4.69) is 16.3 Å². The predicted molar refractivity (Wildman–Crippen MR) is 80.6 cm³/mol. The molecule has 3 N–H and O–H groups in total. The number of anilines is 2. The van der Waals surface area contributed by atoms with Gasteiger partial charge in [-0.1, -0.05) is 0 Å². The van der Waals surface area contributed by atoms with Gasteiger partial charge in [-0.05, 0) is 30.7 Å². The van der Waals surface area contributed by atoms with Crippen LogP contribution in [-0.4, -0.2) is 43.2 Å². The van der Waals surface area contributed by atoms with Crippen molar-refractivity contribution in [3.05, 3.63) is 23.8 Å². The van der Waals surface area contributed by atoms with Crippen molar-refractivity contribution in [3.63, 3.8) is 0 Å². The Morgan fingerprint density at radius 3 is 3.14 bits per heavy atom. The van der Waals surface area contributed by atoms with Crippen LogP contribution in [0.2, 0.25) is 0 Å². The smallest absolute Gasteiger partial charge is 0.225 e. The van der Waals surface area contributed by atoms with Crippen LogP contribution in [0.4, 0.5) is 11.4 Å². The molecule has 0 aliphatic carbocycles. The summed E-state index contributed by atoms with van der Waals surface area (Å²) in [4.78, 5) is 14.1. The first-order valence-electron chi connectivity index (χ1n) is 6.98. The highest BCUT2D eigenvalue weighted by atomic mass is 16.5. The van der Waals surface area contributed by atoms with E-state index in [4.69, 9.17) is 15.7 Å². The fourth-order valence-corrected chi connectivity index (χ4v) is 2.28. The van der Waals surface area contributed by atoms with Crippen LogP contribution in [0.5, 0.6) is 0 Å². The van der Waals surface area contributed by atoms with Gasteiger partial charge in [0.05, 0.1) is 12.7 Å². The molecule has 0 bridgehead atoms. The van der Waals surface area contributed by atoms with Crippen LogP contribution in [0.1, 0.15) is 12.0 Å². The van der Waals surface area contributed by atoms with Crippen LogP contribution in [0.15, 0.2) is 18.2 Å². The second-order valence-corrected chi connectivity index (χ2v) is 5.16. The Balaban J connectivity index is 1.81. The zero-order valence-electron chi connectivity index (χ0n) is 12.1. The summed E-state index contributed by atoms with van der Waals surface area (Å²) in [6.07, 6.45) is 0.00302. The number of nitriles is 1. The largest absolute Gasteiger partial charge is 0.399 e. The first kappa shape index (κ1) is 15.3. The van der Waals surface area contributed by atoms with Crippen molar-refractivity contribution in [2.24, 2.45) is 0 Å². The van der Waals surface area contributed by atoms with Crippen LogP contribution < -0.4 is 11.1 Å². The van der Waals surface area contributed by atoms with Gasteiger partial charge < -0.3 is 15.8 Å². The summed E-state index contributed by atoms with van der Waals surface area (Å²) in [5.41, 5.74) is 8.09. The van der Waals surface area contributed by atoms with Gasteiger partial charge in [0.2, 0.25) is 5.91 Å². The summed E-state index contributed by atoms with van der Waals surface area (Å²) in [5, 5.41) is 11.7. The molecule has 21 heavy (non-hydrogen) atoms. The van der Waals surface area contributed by atoms with Crippen molar-refractivity contribution >= 4 is 17.3 Å². The second kappa shape index (κ2) is 7.07. The molecule has 1 heterocycles. The fraction of sp³-hybridized carbons (Fsp3) is 0.467. The van der Waals surface area contributed by atoms with Crippen molar-refractivity contribution in [1.82, 2.24) is 4.90 Å². The molecule has 0 aromatic heterocycles. The van der Waals surface area contributed by atoms with Crippen LogP contribution >= 0.6 is 0 Å². The van der Waals surface area contributed by atoms with E-state index in [1.54, 1.807) is 6.07 Å². The number of rotatable bonds is 4. The molecular formula is C15H20N4O2. The molecule has 1 atom stereocenters. The lowest BCUT2D eigenvalue weighted by Gasteiger charge is -2.29. The number of nitrogens with one attached hydrogen (secondary N) is 1. The molecule has 1 aliphatic rings. The molecule has 6 nitrogen and oxygen atoms in total. The lowest BCUT2D eigenvalue weighted by atomic mass is 10.1. The first-order chi connectivity index (χ1) is 10.1. The van der Waals surface area contributed by atoms with Gasteiger partial charge in [-0.15, -0.1) is 0 Å². The SMILES string of the molecule is Cc1cc(N)ccc1NC(=O)CCN1CCOC(C#N)C1. The van der Waals surface area contributed by atoms with E-state index in [-0.39, 0.29) is 12.0 Å². The Morgan fingerprint density at radius 2 is 2.43 bits per heavy atom. The predicted octanol–water partition coefficient (Wildman–Crippen LogP) is 1.13. The van der Waals surface area contributed by atoms with Crippen LogP contribution in [0.3, 0.4) is 0 Å². The molecule has 1 saturated heterocycles. The fourth-order valence-electron chi connectivity index (χ4n) is 2.28. The van der Waals surface area contributed by atoms with Gasteiger partial charge in [0.1, 0.15) is 0 Å². The van der Waals surface area contributed by atoms with E-state index in [9.17, 15) is 4.79 Å². The molecule has 1 amide bonds. The molecule has 0 spiro atoms. The summed E-state index contributed by atoms with van der Waals surface area (Å²) < 4.78 is 5.27. The number of nitrogen functional groups attached to an aromatic ring is 1. The van der Waals surface area contributed by atoms with Gasteiger partial charge >= 0.3 is 0 Å². The zero-order chi connectivity index (χ0) is 15.2. The lowest BCUT2D eigenvalue weighted by molar-refractivity contribution is -0.116. The third-order valence-corrected chi connectivity index (χ3v) is 3.47. The first-order valence-corrected chi connectivity index (χ1v) is 6.98. The van der Waals surface area contributed by atoms with Crippen molar-refractivity contribution in [2.75, 3.05) is 37.3 Å². The highest BCUT2D eigenvalue weighted by Crippen LogP contribution is 2.17. The maximum atomic E-state index is 12.0. The number of carbonyl (C=O) groups excluding carboxylic acids is 1. The standard InChI is InChI=1S/C15H20N4O2/c1-11-8-12(17)2-3-14(11)18-15(20)4-5-19-6-7-21-13(9-16)10-19/h2-3,8,13H,4-7,10,17H2,1H3,(H,18,20). The Hall–Kier alpha value is -2.10. The van der Waals surface area contributed by atoms with E-state index in [0.29, 0.717) is 31.8 Å². The van der Waals surface area contributed by atoms with E-state index in [0.717, 1.165) is 17.8 Å². The number of morpholine rings is 1. The summed E-state index contributed by atoms with van der Waals surface area (Å²) in [7, 11) is 0. The molecule has 2 rings (SSSR count). The zero-order valence-corrected chi connectivity index (χ0v) is 12.1. The van der Waals surface area contributed by atoms with E-state index >= 15 is 0 Å². The normalized spacial score (nSPS) is 19.0. The van der Waals surface area contributed by atoms with Crippen molar-refractivity contribution in [2.45, 2.75) is 19.4 Å². The molecule has 1 aromatic rings. The maximum absolute atomic E-state index is 12.0. The van der Waals surface area contributed by atoms with Gasteiger partial charge in [-0.2, -0.15) is 5.26 Å². The number of nitrogens with two attached hydrogens (primary N) is 1. The molecule has 112 valence electrons. The van der Waals surface area contributed by atoms with Crippen molar-refractivity contribution in [1.29, 1.82) is 5.26 Å². The molecule has 1 fully saturated rings. The van der Waals surface area contributed by atoms with Crippen LogP contribution in [-0.2, 0) is 9.53 Å². The number of nitrogens with zero attached hydrogens (tertiary/aromatic N) is 2. The molecule has 1 unspecified atom stereocenters. The van der Waals surface area contributed by atoms with Crippen LogP contribution in [0.25, 0.3) is 0 Å². The second-order valence-electron chi connectivity index (χ2n) is 5.16. The molecular weight excluding hydrogens is 268 g/mol. The Labute approximate surface area is 124 Å². The van der Waals surface area contributed by atoms with Gasteiger partial charge in [-0.25, -0.2) is 0 Å². The summed E-state index contributed by atoms with van der Waals surface area (Å²) in [5.74, 6) is -0.0390. The summed E-state index contributed by atoms with van der Waals surface area (Å²) in [6.45, 7) is 4.39. The summed E-state index contributed by atoms with van der Waals surface area (Å²) >= 11 is 0. The Kier molecular flexibility index (Phi) is 5.14. The molecule has 0 saturated carbocycles. The number of benzene rings is 1. The minimum atomic E-state index is -0.388. The molecule has 0 radical (unpaired) electrons.